The SMILES string of the molecule is CC(C)NCc1ccc(OC(C)C(N)=O)c(F)c1. The summed E-state index contributed by atoms with van der Waals surface area (Å²) in [5.41, 5.74) is 5.87. The van der Waals surface area contributed by atoms with E-state index in [-0.39, 0.29) is 5.75 Å². The van der Waals surface area contributed by atoms with Crippen LogP contribution in [0.3, 0.4) is 0 Å². The number of amides is 1. The molecule has 0 saturated carbocycles. The van der Waals surface area contributed by atoms with E-state index < -0.39 is 17.8 Å². The Morgan fingerprint density at radius 3 is 2.61 bits per heavy atom. The van der Waals surface area contributed by atoms with Crippen LogP contribution in [-0.2, 0) is 11.3 Å². The number of hydrogen-bond acceptors (Lipinski definition) is 3. The van der Waals surface area contributed by atoms with Gasteiger partial charge >= 0.3 is 0 Å². The summed E-state index contributed by atoms with van der Waals surface area (Å²) in [6, 6.07) is 4.98. The quantitative estimate of drug-likeness (QED) is 0.810. The zero-order valence-electron chi connectivity index (χ0n) is 10.9. The second kappa shape index (κ2) is 6.35. The second-order valence-corrected chi connectivity index (χ2v) is 4.46. The molecule has 1 unspecified atom stereocenters. The average molecular weight is 254 g/mol. The molecule has 3 N–H and O–H groups in total. The number of nitrogens with one attached hydrogen (secondary N) is 1. The summed E-state index contributed by atoms with van der Waals surface area (Å²) in [5.74, 6) is -1.08. The number of rotatable bonds is 6. The van der Waals surface area contributed by atoms with Crippen molar-refractivity contribution in [3.63, 3.8) is 0 Å². The number of halogens is 1. The van der Waals surface area contributed by atoms with Gasteiger partial charge < -0.3 is 15.8 Å². The minimum absolute atomic E-state index is 0.0367. The van der Waals surface area contributed by atoms with E-state index in [1.807, 2.05) is 13.8 Å². The van der Waals surface area contributed by atoms with Gasteiger partial charge in [0.1, 0.15) is 0 Å². The van der Waals surface area contributed by atoms with Gasteiger partial charge in [0.05, 0.1) is 0 Å². The van der Waals surface area contributed by atoms with E-state index in [0.717, 1.165) is 5.56 Å². The van der Waals surface area contributed by atoms with E-state index >= 15 is 0 Å². The van der Waals surface area contributed by atoms with Gasteiger partial charge in [0.2, 0.25) is 0 Å². The molecule has 0 spiro atoms. The predicted octanol–water partition coefficient (Wildman–Crippen LogP) is 1.58. The lowest BCUT2D eigenvalue weighted by Crippen LogP contribution is -2.30. The maximum Gasteiger partial charge on any atom is 0.258 e. The first-order chi connectivity index (χ1) is 8.40. The minimum atomic E-state index is -0.848. The van der Waals surface area contributed by atoms with Crippen LogP contribution in [0.5, 0.6) is 5.75 Å². The summed E-state index contributed by atoms with van der Waals surface area (Å²) < 4.78 is 18.8. The molecule has 100 valence electrons. The average Bonchev–Trinajstić information content (AvgIpc) is 2.29. The van der Waals surface area contributed by atoms with Crippen molar-refractivity contribution >= 4 is 5.91 Å². The van der Waals surface area contributed by atoms with Crippen LogP contribution in [0, 0.1) is 5.82 Å². The summed E-state index contributed by atoms with van der Waals surface area (Å²) in [5, 5.41) is 3.19. The maximum absolute atomic E-state index is 13.7. The summed E-state index contributed by atoms with van der Waals surface area (Å²) >= 11 is 0. The summed E-state index contributed by atoms with van der Waals surface area (Å²) in [6.07, 6.45) is -0.848. The Hall–Kier alpha value is -1.62. The van der Waals surface area contributed by atoms with E-state index in [4.69, 9.17) is 10.5 Å². The molecule has 1 aromatic carbocycles. The van der Waals surface area contributed by atoms with Gasteiger partial charge in [-0.15, -0.1) is 0 Å². The van der Waals surface area contributed by atoms with E-state index in [1.54, 1.807) is 6.07 Å². The number of ether oxygens (including phenoxy) is 1. The normalized spacial score (nSPS) is 12.5. The van der Waals surface area contributed by atoms with Gasteiger partial charge in [-0.25, -0.2) is 4.39 Å². The third-order valence-electron chi connectivity index (χ3n) is 2.42. The lowest BCUT2D eigenvalue weighted by Gasteiger charge is -2.13. The number of benzene rings is 1. The summed E-state index contributed by atoms with van der Waals surface area (Å²) in [7, 11) is 0. The molecule has 0 heterocycles. The Labute approximate surface area is 106 Å². The van der Waals surface area contributed by atoms with Crippen molar-refractivity contribution in [2.75, 3.05) is 0 Å². The molecule has 4 nitrogen and oxygen atoms in total. The Morgan fingerprint density at radius 2 is 2.11 bits per heavy atom. The molecule has 0 aliphatic carbocycles. The van der Waals surface area contributed by atoms with Gasteiger partial charge in [-0.2, -0.15) is 0 Å². The van der Waals surface area contributed by atoms with Crippen molar-refractivity contribution in [2.45, 2.75) is 39.5 Å². The van der Waals surface area contributed by atoms with E-state index in [1.165, 1.54) is 19.1 Å². The molecule has 0 aromatic heterocycles. The molecule has 0 saturated heterocycles. The number of primary amides is 1. The molecule has 0 radical (unpaired) electrons. The van der Waals surface area contributed by atoms with Crippen molar-refractivity contribution in [1.82, 2.24) is 5.32 Å². The van der Waals surface area contributed by atoms with Crippen LogP contribution in [0.2, 0.25) is 0 Å². The smallest absolute Gasteiger partial charge is 0.258 e. The molecule has 0 fully saturated rings. The van der Waals surface area contributed by atoms with Crippen LogP contribution in [0.25, 0.3) is 0 Å². The van der Waals surface area contributed by atoms with Crippen molar-refractivity contribution in [3.8, 4) is 5.75 Å². The van der Waals surface area contributed by atoms with E-state index in [0.29, 0.717) is 12.6 Å². The summed E-state index contributed by atoms with van der Waals surface area (Å²) in [6.45, 7) is 6.10. The first kappa shape index (κ1) is 14.4. The highest BCUT2D eigenvalue weighted by molar-refractivity contribution is 5.78. The largest absolute Gasteiger partial charge is 0.478 e. The molecule has 1 aromatic rings. The zero-order valence-corrected chi connectivity index (χ0v) is 10.9. The molecular formula is C13H19FN2O2. The Morgan fingerprint density at radius 1 is 1.44 bits per heavy atom. The molecule has 1 amide bonds. The first-order valence-electron chi connectivity index (χ1n) is 5.88. The Bertz CT molecular complexity index is 421. The second-order valence-electron chi connectivity index (χ2n) is 4.46. The van der Waals surface area contributed by atoms with Crippen LogP contribution in [0.15, 0.2) is 18.2 Å². The van der Waals surface area contributed by atoms with Gasteiger partial charge in [-0.05, 0) is 24.6 Å². The zero-order chi connectivity index (χ0) is 13.7. The third-order valence-corrected chi connectivity index (χ3v) is 2.42. The predicted molar refractivity (Wildman–Crippen MR) is 67.7 cm³/mol. The highest BCUT2D eigenvalue weighted by Crippen LogP contribution is 2.19. The number of hydrogen-bond donors (Lipinski definition) is 2. The van der Waals surface area contributed by atoms with E-state index in [9.17, 15) is 9.18 Å². The molecule has 18 heavy (non-hydrogen) atoms. The monoisotopic (exact) mass is 254 g/mol. The van der Waals surface area contributed by atoms with Crippen LogP contribution in [0.1, 0.15) is 26.3 Å². The fourth-order valence-corrected chi connectivity index (χ4v) is 1.32. The first-order valence-corrected chi connectivity index (χ1v) is 5.88. The highest BCUT2D eigenvalue weighted by atomic mass is 19.1. The van der Waals surface area contributed by atoms with Crippen LogP contribution >= 0.6 is 0 Å². The standard InChI is InChI=1S/C13H19FN2O2/c1-8(2)16-7-10-4-5-12(11(14)6-10)18-9(3)13(15)17/h4-6,8-9,16H,7H2,1-3H3,(H2,15,17). The number of carbonyl (C=O) groups is 1. The molecule has 5 heteroatoms. The molecule has 0 aliphatic rings. The van der Waals surface area contributed by atoms with Gasteiger partial charge in [-0.1, -0.05) is 19.9 Å². The lowest BCUT2D eigenvalue weighted by molar-refractivity contribution is -0.124. The van der Waals surface area contributed by atoms with Gasteiger partial charge in [0.15, 0.2) is 17.7 Å². The lowest BCUT2D eigenvalue weighted by atomic mass is 10.2. The maximum atomic E-state index is 13.7. The van der Waals surface area contributed by atoms with Crippen molar-refractivity contribution in [3.05, 3.63) is 29.6 Å². The van der Waals surface area contributed by atoms with Crippen LogP contribution in [-0.4, -0.2) is 18.1 Å². The topological polar surface area (TPSA) is 64.3 Å². The van der Waals surface area contributed by atoms with Gasteiger partial charge in [-0.3, -0.25) is 4.79 Å². The van der Waals surface area contributed by atoms with Crippen LogP contribution < -0.4 is 15.8 Å². The van der Waals surface area contributed by atoms with E-state index in [2.05, 4.69) is 5.32 Å². The minimum Gasteiger partial charge on any atom is -0.478 e. The Balaban J connectivity index is 2.70. The van der Waals surface area contributed by atoms with Crippen molar-refractivity contribution in [2.24, 2.45) is 5.73 Å². The van der Waals surface area contributed by atoms with Gasteiger partial charge in [0, 0.05) is 12.6 Å². The van der Waals surface area contributed by atoms with Crippen LogP contribution in [0.4, 0.5) is 4.39 Å². The third kappa shape index (κ3) is 4.33. The fraction of sp³-hybridized carbons (Fsp3) is 0.462. The molecule has 1 rings (SSSR count). The highest BCUT2D eigenvalue weighted by Gasteiger charge is 2.13. The summed E-state index contributed by atoms with van der Waals surface area (Å²) in [4.78, 5) is 10.8. The van der Waals surface area contributed by atoms with Crippen molar-refractivity contribution < 1.29 is 13.9 Å². The molecule has 0 bridgehead atoms. The fourth-order valence-electron chi connectivity index (χ4n) is 1.32. The van der Waals surface area contributed by atoms with Crippen molar-refractivity contribution in [1.29, 1.82) is 0 Å². The molecular weight excluding hydrogens is 235 g/mol. The number of nitrogens with two attached hydrogens (primary N) is 1. The molecule has 0 aliphatic heterocycles. The van der Waals surface area contributed by atoms with Gasteiger partial charge in [0.25, 0.3) is 5.91 Å². The molecule has 1 atom stereocenters. The number of carbonyl (C=O) groups excluding carboxylic acids is 1. The Kier molecular flexibility index (Phi) is 5.09.